The van der Waals surface area contributed by atoms with Crippen molar-refractivity contribution in [1.82, 2.24) is 0 Å². The molecule has 0 saturated heterocycles. The fourth-order valence-corrected chi connectivity index (χ4v) is 9.68. The standard InChI is InChI=1S/C54H39NS/c1-5-16-38(17-6-1)43-32-44(39-18-7-2-8-19-39)35-48(34-43)55(49-36-45(40-20-9-3-10-21-40)33-46(37-49)41-22-11-4-12-23-41)47-30-28-42(29-31-47)50-25-15-26-52-51-24-13-14-27-53(51)56-54(50)52/h1-37,51,53H. The first kappa shape index (κ1) is 33.9. The summed E-state index contributed by atoms with van der Waals surface area (Å²) in [6, 6.07) is 73.0. The molecule has 56 heavy (non-hydrogen) atoms. The molecular weight excluding hydrogens is 695 g/mol. The Bertz CT molecular complexity index is 2460. The molecule has 10 rings (SSSR count). The number of fused-ring (bicyclic) bond motifs is 3. The Morgan fingerprint density at radius 2 is 0.786 bits per heavy atom. The zero-order chi connectivity index (χ0) is 37.3. The van der Waals surface area contributed by atoms with Crippen molar-refractivity contribution < 1.29 is 0 Å². The fourth-order valence-electron chi connectivity index (χ4n) is 8.20. The average molecular weight is 734 g/mol. The Kier molecular flexibility index (Phi) is 9.03. The van der Waals surface area contributed by atoms with Gasteiger partial charge in [0.15, 0.2) is 0 Å². The highest BCUT2D eigenvalue weighted by Gasteiger charge is 2.32. The summed E-state index contributed by atoms with van der Waals surface area (Å²) in [5.74, 6) is 0.432. The molecule has 1 aliphatic carbocycles. The summed E-state index contributed by atoms with van der Waals surface area (Å²) in [5, 5.41) is 0.456. The van der Waals surface area contributed by atoms with E-state index in [-0.39, 0.29) is 0 Å². The first-order chi connectivity index (χ1) is 27.7. The molecule has 0 bridgehead atoms. The molecule has 0 N–H and O–H groups in total. The second-order valence-electron chi connectivity index (χ2n) is 14.5. The molecule has 8 aromatic rings. The number of nitrogens with zero attached hydrogens (tertiary/aromatic N) is 1. The van der Waals surface area contributed by atoms with E-state index < -0.39 is 0 Å². The molecule has 0 aromatic heterocycles. The van der Waals surface area contributed by atoms with Crippen LogP contribution < -0.4 is 4.90 Å². The highest BCUT2D eigenvalue weighted by molar-refractivity contribution is 8.00. The van der Waals surface area contributed by atoms with Gasteiger partial charge in [0.1, 0.15) is 0 Å². The van der Waals surface area contributed by atoms with Crippen LogP contribution in [0.4, 0.5) is 17.1 Å². The van der Waals surface area contributed by atoms with E-state index in [2.05, 4.69) is 229 Å². The molecule has 8 aromatic carbocycles. The number of hydrogen-bond acceptors (Lipinski definition) is 2. The van der Waals surface area contributed by atoms with Gasteiger partial charge in [0.05, 0.1) is 0 Å². The molecule has 2 aliphatic rings. The van der Waals surface area contributed by atoms with E-state index in [1.807, 2.05) is 11.8 Å². The quantitative estimate of drug-likeness (QED) is 0.153. The van der Waals surface area contributed by atoms with Gasteiger partial charge in [-0.05, 0) is 110 Å². The van der Waals surface area contributed by atoms with Crippen molar-refractivity contribution in [2.75, 3.05) is 4.90 Å². The van der Waals surface area contributed by atoms with Crippen molar-refractivity contribution in [3.8, 4) is 55.6 Å². The number of benzene rings is 8. The highest BCUT2D eigenvalue weighted by Crippen LogP contribution is 2.52. The lowest BCUT2D eigenvalue weighted by atomic mass is 9.90. The van der Waals surface area contributed by atoms with Crippen LogP contribution in [0.3, 0.4) is 0 Å². The Morgan fingerprint density at radius 1 is 0.339 bits per heavy atom. The van der Waals surface area contributed by atoms with Crippen LogP contribution in [-0.2, 0) is 0 Å². The summed E-state index contributed by atoms with van der Waals surface area (Å²) in [6.45, 7) is 0. The number of allylic oxidation sites excluding steroid dienone is 3. The third kappa shape index (κ3) is 6.59. The van der Waals surface area contributed by atoms with Crippen LogP contribution in [0.15, 0.2) is 229 Å². The second kappa shape index (κ2) is 14.9. The summed E-state index contributed by atoms with van der Waals surface area (Å²) in [7, 11) is 0. The van der Waals surface area contributed by atoms with E-state index in [4.69, 9.17) is 0 Å². The number of hydrogen-bond donors (Lipinski definition) is 0. The van der Waals surface area contributed by atoms with Gasteiger partial charge in [-0.25, -0.2) is 0 Å². The fraction of sp³-hybridized carbons (Fsp3) is 0.0370. The van der Waals surface area contributed by atoms with Gasteiger partial charge in [-0.3, -0.25) is 0 Å². The lowest BCUT2D eigenvalue weighted by molar-refractivity contribution is 0.881. The number of thioether (sulfide) groups is 1. The first-order valence-corrected chi connectivity index (χ1v) is 20.2. The van der Waals surface area contributed by atoms with E-state index in [1.165, 1.54) is 66.1 Å². The SMILES string of the molecule is C1=CC2Sc3c(-c4ccc(N(c5cc(-c6ccccc6)cc(-c6ccccc6)c5)c5cc(-c6ccccc6)cc(-c6ccccc6)c5)cc4)cccc3C2C=C1. The van der Waals surface area contributed by atoms with Gasteiger partial charge >= 0.3 is 0 Å². The minimum Gasteiger partial charge on any atom is -0.310 e. The molecule has 0 fully saturated rings. The Labute approximate surface area is 334 Å². The normalized spacial score (nSPS) is 15.3. The number of rotatable bonds is 8. The molecule has 1 nitrogen and oxygen atoms in total. The van der Waals surface area contributed by atoms with E-state index in [1.54, 1.807) is 0 Å². The van der Waals surface area contributed by atoms with Gasteiger partial charge in [-0.15, -0.1) is 11.8 Å². The predicted octanol–water partition coefficient (Wildman–Crippen LogP) is 15.2. The molecule has 2 unspecified atom stereocenters. The van der Waals surface area contributed by atoms with Crippen molar-refractivity contribution >= 4 is 28.8 Å². The maximum absolute atomic E-state index is 2.44. The Morgan fingerprint density at radius 3 is 1.25 bits per heavy atom. The predicted molar refractivity (Wildman–Crippen MR) is 239 cm³/mol. The van der Waals surface area contributed by atoms with E-state index in [0.29, 0.717) is 11.2 Å². The molecule has 0 radical (unpaired) electrons. The summed E-state index contributed by atoms with van der Waals surface area (Å²) in [5.41, 5.74) is 16.7. The van der Waals surface area contributed by atoms with Crippen LogP contribution in [0.1, 0.15) is 11.5 Å². The van der Waals surface area contributed by atoms with Crippen LogP contribution in [0.5, 0.6) is 0 Å². The lowest BCUT2D eigenvalue weighted by Gasteiger charge is -2.28. The van der Waals surface area contributed by atoms with Crippen LogP contribution in [0, 0.1) is 0 Å². The van der Waals surface area contributed by atoms with Crippen LogP contribution >= 0.6 is 11.8 Å². The molecule has 0 saturated carbocycles. The average Bonchev–Trinajstić information content (AvgIpc) is 3.67. The van der Waals surface area contributed by atoms with E-state index in [0.717, 1.165) is 17.1 Å². The molecule has 0 amide bonds. The van der Waals surface area contributed by atoms with Crippen LogP contribution in [0.2, 0.25) is 0 Å². The van der Waals surface area contributed by atoms with E-state index >= 15 is 0 Å². The first-order valence-electron chi connectivity index (χ1n) is 19.3. The maximum Gasteiger partial charge on any atom is 0.0473 e. The molecule has 2 heteroatoms. The van der Waals surface area contributed by atoms with Gasteiger partial charge in [0, 0.05) is 33.1 Å². The summed E-state index contributed by atoms with van der Waals surface area (Å²) in [4.78, 5) is 3.84. The smallest absolute Gasteiger partial charge is 0.0473 e. The Hall–Kier alpha value is -6.61. The van der Waals surface area contributed by atoms with E-state index in [9.17, 15) is 0 Å². The van der Waals surface area contributed by atoms with Gasteiger partial charge in [0.25, 0.3) is 0 Å². The zero-order valence-corrected chi connectivity index (χ0v) is 31.7. The minimum atomic E-state index is 0.432. The van der Waals surface area contributed by atoms with Crippen LogP contribution in [-0.4, -0.2) is 5.25 Å². The van der Waals surface area contributed by atoms with Gasteiger partial charge in [-0.1, -0.05) is 176 Å². The molecule has 0 spiro atoms. The monoisotopic (exact) mass is 733 g/mol. The second-order valence-corrected chi connectivity index (χ2v) is 15.7. The van der Waals surface area contributed by atoms with Crippen molar-refractivity contribution in [3.05, 3.63) is 230 Å². The number of anilines is 3. The Balaban J connectivity index is 1.17. The maximum atomic E-state index is 2.44. The third-order valence-corrected chi connectivity index (χ3v) is 12.4. The van der Waals surface area contributed by atoms with Crippen molar-refractivity contribution in [1.29, 1.82) is 0 Å². The highest BCUT2D eigenvalue weighted by atomic mass is 32.2. The van der Waals surface area contributed by atoms with Crippen molar-refractivity contribution in [2.24, 2.45) is 0 Å². The zero-order valence-electron chi connectivity index (χ0n) is 30.9. The summed E-state index contributed by atoms with van der Waals surface area (Å²) in [6.07, 6.45) is 9.09. The summed E-state index contributed by atoms with van der Waals surface area (Å²) >= 11 is 2.00. The molecular formula is C54H39NS. The topological polar surface area (TPSA) is 3.24 Å². The van der Waals surface area contributed by atoms with Gasteiger partial charge < -0.3 is 4.90 Å². The lowest BCUT2D eigenvalue weighted by Crippen LogP contribution is -2.11. The van der Waals surface area contributed by atoms with Crippen molar-refractivity contribution in [2.45, 2.75) is 16.1 Å². The molecule has 1 aliphatic heterocycles. The van der Waals surface area contributed by atoms with Gasteiger partial charge in [-0.2, -0.15) is 0 Å². The summed E-state index contributed by atoms with van der Waals surface area (Å²) < 4.78 is 0. The molecule has 2 atom stereocenters. The molecule has 1 heterocycles. The minimum absolute atomic E-state index is 0.432. The third-order valence-electron chi connectivity index (χ3n) is 11.0. The van der Waals surface area contributed by atoms with Crippen LogP contribution in [0.25, 0.3) is 55.6 Å². The largest absolute Gasteiger partial charge is 0.310 e. The van der Waals surface area contributed by atoms with Crippen molar-refractivity contribution in [3.63, 3.8) is 0 Å². The van der Waals surface area contributed by atoms with Gasteiger partial charge in [0.2, 0.25) is 0 Å². The molecule has 266 valence electrons.